The fourth-order valence-corrected chi connectivity index (χ4v) is 3.51. The maximum atomic E-state index is 12.3. The van der Waals surface area contributed by atoms with E-state index >= 15 is 0 Å². The molecule has 0 aliphatic carbocycles. The molecule has 0 radical (unpaired) electrons. The summed E-state index contributed by atoms with van der Waals surface area (Å²) in [5.74, 6) is 0.351. The summed E-state index contributed by atoms with van der Waals surface area (Å²) in [5, 5.41) is 4.72. The third-order valence-electron chi connectivity index (χ3n) is 3.41. The third-order valence-corrected chi connectivity index (χ3v) is 5.27. The van der Waals surface area contributed by atoms with Gasteiger partial charge in [-0.2, -0.15) is 0 Å². The van der Waals surface area contributed by atoms with E-state index < -0.39 is 0 Å². The lowest BCUT2D eigenvalue weighted by Crippen LogP contribution is -2.52. The molecule has 2 aromatic heterocycles. The molecule has 3 heterocycles. The van der Waals surface area contributed by atoms with Crippen LogP contribution in [0.5, 0.6) is 5.88 Å². The predicted molar refractivity (Wildman–Crippen MR) is 89.2 cm³/mol. The Bertz CT molecular complexity index is 650. The van der Waals surface area contributed by atoms with Crippen LogP contribution in [-0.4, -0.2) is 47.5 Å². The second-order valence-electron chi connectivity index (χ2n) is 4.97. The number of aromatic nitrogens is 2. The van der Waals surface area contributed by atoms with Gasteiger partial charge in [-0.15, -0.1) is 11.3 Å². The highest BCUT2D eigenvalue weighted by molar-refractivity contribution is 8.00. The molecule has 122 valence electrons. The van der Waals surface area contributed by atoms with E-state index in [1.807, 2.05) is 18.4 Å². The van der Waals surface area contributed by atoms with E-state index in [4.69, 9.17) is 9.47 Å². The summed E-state index contributed by atoms with van der Waals surface area (Å²) >= 11 is 2.99. The van der Waals surface area contributed by atoms with Gasteiger partial charge in [0, 0.05) is 24.1 Å². The van der Waals surface area contributed by atoms with Crippen LogP contribution in [0.2, 0.25) is 0 Å². The number of hydrogen-bond acceptors (Lipinski definition) is 7. The number of nitrogens with zero attached hydrogens (tertiary/aromatic N) is 2. The van der Waals surface area contributed by atoms with Crippen LogP contribution in [0.15, 0.2) is 34.1 Å². The lowest BCUT2D eigenvalue weighted by molar-refractivity contribution is -0.00454. The summed E-state index contributed by atoms with van der Waals surface area (Å²) in [4.78, 5) is 20.8. The zero-order valence-corrected chi connectivity index (χ0v) is 14.2. The Morgan fingerprint density at radius 1 is 1.52 bits per heavy atom. The molecule has 1 aliphatic rings. The van der Waals surface area contributed by atoms with Crippen molar-refractivity contribution in [2.45, 2.75) is 22.9 Å². The van der Waals surface area contributed by atoms with Gasteiger partial charge in [0.15, 0.2) is 0 Å². The number of nitrogens with one attached hydrogen (secondary N) is 1. The maximum absolute atomic E-state index is 12.3. The summed E-state index contributed by atoms with van der Waals surface area (Å²) in [6.07, 6.45) is 4.16. The summed E-state index contributed by atoms with van der Waals surface area (Å²) in [6, 6.07) is 5.29. The quantitative estimate of drug-likeness (QED) is 0.833. The fourth-order valence-electron chi connectivity index (χ4n) is 2.26. The number of ether oxygens (including phenoxy) is 2. The molecule has 8 heteroatoms. The first-order valence-electron chi connectivity index (χ1n) is 7.22. The highest BCUT2D eigenvalue weighted by Crippen LogP contribution is 2.20. The second kappa shape index (κ2) is 7.76. The Morgan fingerprint density at radius 2 is 2.43 bits per heavy atom. The Hall–Kier alpha value is -1.64. The molecular formula is C15H17N3O3S2. The van der Waals surface area contributed by atoms with E-state index in [9.17, 15) is 4.79 Å². The molecule has 1 fully saturated rings. The largest absolute Gasteiger partial charge is 0.472 e. The summed E-state index contributed by atoms with van der Waals surface area (Å²) in [6.45, 7) is 1.03. The van der Waals surface area contributed by atoms with Gasteiger partial charge in [0.2, 0.25) is 5.88 Å². The second-order valence-corrected chi connectivity index (χ2v) is 6.88. The summed E-state index contributed by atoms with van der Waals surface area (Å²) < 4.78 is 12.3. The van der Waals surface area contributed by atoms with Crippen LogP contribution in [-0.2, 0) is 4.74 Å². The summed E-state index contributed by atoms with van der Waals surface area (Å²) in [7, 11) is 0. The van der Waals surface area contributed by atoms with Crippen molar-refractivity contribution in [2.24, 2.45) is 0 Å². The van der Waals surface area contributed by atoms with Crippen molar-refractivity contribution in [1.29, 1.82) is 0 Å². The Kier molecular flexibility index (Phi) is 5.47. The van der Waals surface area contributed by atoms with Crippen molar-refractivity contribution < 1.29 is 14.3 Å². The van der Waals surface area contributed by atoms with Crippen LogP contribution in [0.4, 0.5) is 0 Å². The minimum absolute atomic E-state index is 0.166. The molecule has 2 aromatic rings. The minimum atomic E-state index is -0.224. The number of rotatable bonds is 5. The van der Waals surface area contributed by atoms with Crippen molar-refractivity contribution >= 4 is 29.0 Å². The van der Waals surface area contributed by atoms with E-state index in [0.717, 1.165) is 4.34 Å². The van der Waals surface area contributed by atoms with E-state index in [1.54, 1.807) is 17.6 Å². The van der Waals surface area contributed by atoms with E-state index in [-0.39, 0.29) is 18.1 Å². The van der Waals surface area contributed by atoms with Gasteiger partial charge < -0.3 is 14.8 Å². The monoisotopic (exact) mass is 351 g/mol. The average molecular weight is 351 g/mol. The van der Waals surface area contributed by atoms with Gasteiger partial charge in [-0.25, -0.2) is 9.97 Å². The zero-order chi connectivity index (χ0) is 16.1. The number of pyridine rings is 1. The fraction of sp³-hybridized carbons (Fsp3) is 0.400. The number of carbonyl (C=O) groups excluding carboxylic acids is 1. The molecule has 1 amide bonds. The van der Waals surface area contributed by atoms with Crippen molar-refractivity contribution in [2.75, 3.05) is 19.5 Å². The maximum Gasteiger partial charge on any atom is 0.271 e. The predicted octanol–water partition coefficient (Wildman–Crippen LogP) is 2.23. The van der Waals surface area contributed by atoms with Crippen LogP contribution < -0.4 is 10.1 Å². The highest BCUT2D eigenvalue weighted by Gasteiger charge is 2.30. The molecule has 1 N–H and O–H groups in total. The molecule has 6 nitrogen and oxygen atoms in total. The molecule has 0 spiro atoms. The standard InChI is InChI=1S/C15H17N3O3S2/c1-22-15-18-11(9-23-15)14(19)17-10-8-20-7-5-12(10)21-13-4-2-3-6-16-13/h2-4,6,9-10,12H,5,7-8H2,1H3,(H,17,19). The van der Waals surface area contributed by atoms with E-state index in [0.29, 0.717) is 31.2 Å². The molecule has 2 atom stereocenters. The van der Waals surface area contributed by atoms with E-state index in [1.165, 1.54) is 23.1 Å². The Labute approximate surface area is 142 Å². The molecule has 23 heavy (non-hydrogen) atoms. The van der Waals surface area contributed by atoms with Gasteiger partial charge in [-0.1, -0.05) is 17.8 Å². The number of amides is 1. The summed E-state index contributed by atoms with van der Waals surface area (Å²) in [5.41, 5.74) is 0.432. The Balaban J connectivity index is 1.65. The van der Waals surface area contributed by atoms with Gasteiger partial charge in [0.05, 0.1) is 19.3 Å². The van der Waals surface area contributed by atoms with Crippen LogP contribution in [0.25, 0.3) is 0 Å². The molecule has 0 aromatic carbocycles. The normalized spacial score (nSPS) is 20.9. The van der Waals surface area contributed by atoms with E-state index in [2.05, 4.69) is 15.3 Å². The minimum Gasteiger partial charge on any atom is -0.472 e. The molecule has 2 unspecified atom stereocenters. The number of hydrogen-bond donors (Lipinski definition) is 1. The van der Waals surface area contributed by atoms with Gasteiger partial charge in [-0.05, 0) is 12.3 Å². The number of thiazole rings is 1. The first kappa shape index (κ1) is 16.2. The van der Waals surface area contributed by atoms with Crippen LogP contribution in [0.3, 0.4) is 0 Å². The van der Waals surface area contributed by atoms with Crippen molar-refractivity contribution in [3.63, 3.8) is 0 Å². The molecule has 0 saturated carbocycles. The van der Waals surface area contributed by atoms with Gasteiger partial charge in [0.1, 0.15) is 16.1 Å². The molecule has 1 saturated heterocycles. The SMILES string of the molecule is CSc1nc(C(=O)NC2COCCC2Oc2ccccn2)cs1. The van der Waals surface area contributed by atoms with Crippen molar-refractivity contribution in [3.05, 3.63) is 35.5 Å². The highest BCUT2D eigenvalue weighted by atomic mass is 32.2. The number of carbonyl (C=O) groups is 1. The molecular weight excluding hydrogens is 334 g/mol. The smallest absolute Gasteiger partial charge is 0.271 e. The molecule has 1 aliphatic heterocycles. The Morgan fingerprint density at radius 3 is 3.17 bits per heavy atom. The third kappa shape index (κ3) is 4.21. The average Bonchev–Trinajstić information content (AvgIpc) is 3.07. The number of thioether (sulfide) groups is 1. The van der Waals surface area contributed by atoms with Gasteiger partial charge >= 0.3 is 0 Å². The first-order valence-corrected chi connectivity index (χ1v) is 9.32. The van der Waals surface area contributed by atoms with Gasteiger partial charge in [0.25, 0.3) is 5.91 Å². The van der Waals surface area contributed by atoms with Crippen LogP contribution >= 0.6 is 23.1 Å². The van der Waals surface area contributed by atoms with Crippen molar-refractivity contribution in [3.8, 4) is 5.88 Å². The zero-order valence-electron chi connectivity index (χ0n) is 12.6. The lowest BCUT2D eigenvalue weighted by Gasteiger charge is -2.31. The van der Waals surface area contributed by atoms with Crippen LogP contribution in [0.1, 0.15) is 16.9 Å². The first-order chi connectivity index (χ1) is 11.3. The molecule has 0 bridgehead atoms. The van der Waals surface area contributed by atoms with Crippen molar-refractivity contribution in [1.82, 2.24) is 15.3 Å². The van der Waals surface area contributed by atoms with Gasteiger partial charge in [-0.3, -0.25) is 4.79 Å². The topological polar surface area (TPSA) is 73.3 Å². The lowest BCUT2D eigenvalue weighted by atomic mass is 10.1. The molecule has 3 rings (SSSR count). The van der Waals surface area contributed by atoms with Crippen LogP contribution in [0, 0.1) is 0 Å².